The van der Waals surface area contributed by atoms with E-state index in [1.165, 1.54) is 0 Å². The van der Waals surface area contributed by atoms with E-state index in [-0.39, 0.29) is 6.04 Å². The summed E-state index contributed by atoms with van der Waals surface area (Å²) >= 11 is 6.15. The van der Waals surface area contributed by atoms with Crippen LogP contribution in [0.2, 0.25) is 5.02 Å². The molecule has 0 fully saturated rings. The Balaban J connectivity index is 2.47. The lowest BCUT2D eigenvalue weighted by molar-refractivity contribution is 0.521. The lowest BCUT2D eigenvalue weighted by Gasteiger charge is -2.13. The van der Waals surface area contributed by atoms with Gasteiger partial charge in [0.15, 0.2) is 5.82 Å². The summed E-state index contributed by atoms with van der Waals surface area (Å²) in [6.07, 6.45) is 1.64. The predicted molar refractivity (Wildman–Crippen MR) is 76.3 cm³/mol. The Morgan fingerprint density at radius 1 is 1.53 bits per heavy atom. The third-order valence-electron chi connectivity index (χ3n) is 2.66. The van der Waals surface area contributed by atoms with Crippen molar-refractivity contribution in [3.63, 3.8) is 0 Å². The van der Waals surface area contributed by atoms with Gasteiger partial charge in [-0.25, -0.2) is 4.68 Å². The molecule has 0 amide bonds. The second kappa shape index (κ2) is 5.66. The maximum Gasteiger partial charge on any atom is 0.185 e. The van der Waals surface area contributed by atoms with Crippen LogP contribution < -0.4 is 5.73 Å². The Hall–Kier alpha value is -1.47. The fraction of sp³-hybridized carbons (Fsp3) is 0.364. The molecule has 6 nitrogen and oxygen atoms in total. The third kappa shape index (κ3) is 2.93. The number of nitrogens with zero attached hydrogens (tertiary/aromatic N) is 4. The normalized spacial score (nSPS) is 14.3. The molecule has 0 saturated carbocycles. The zero-order chi connectivity index (χ0) is 14.0. The number of halogens is 1. The zero-order valence-corrected chi connectivity index (χ0v) is 12.1. The Kier molecular flexibility index (Phi) is 4.16. The van der Waals surface area contributed by atoms with Gasteiger partial charge in [0.25, 0.3) is 0 Å². The van der Waals surface area contributed by atoms with Gasteiger partial charge in [-0.15, -0.1) is 5.10 Å². The quantitative estimate of drug-likeness (QED) is 0.865. The van der Waals surface area contributed by atoms with Gasteiger partial charge in [0.05, 0.1) is 16.6 Å². The monoisotopic (exact) mass is 299 g/mol. The van der Waals surface area contributed by atoms with Crippen LogP contribution in [0.5, 0.6) is 0 Å². The summed E-state index contributed by atoms with van der Waals surface area (Å²) in [6, 6.07) is 5.13. The van der Waals surface area contributed by atoms with E-state index in [4.69, 9.17) is 17.3 Å². The smallest absolute Gasteiger partial charge is 0.185 e. The molecule has 1 heterocycles. The molecule has 0 aliphatic heterocycles. The topological polar surface area (TPSA) is 86.7 Å². The van der Waals surface area contributed by atoms with Crippen molar-refractivity contribution in [3.8, 4) is 11.4 Å². The van der Waals surface area contributed by atoms with E-state index < -0.39 is 10.8 Å². The summed E-state index contributed by atoms with van der Waals surface area (Å²) in [5.74, 6) is 0.948. The van der Waals surface area contributed by atoms with Crippen LogP contribution in [0, 0.1) is 0 Å². The average molecular weight is 300 g/mol. The molecule has 0 bridgehead atoms. The Morgan fingerprint density at radius 3 is 2.89 bits per heavy atom. The van der Waals surface area contributed by atoms with Crippen LogP contribution in [0.3, 0.4) is 0 Å². The number of benzene rings is 1. The Labute approximate surface area is 118 Å². The molecule has 1 aromatic carbocycles. The fourth-order valence-corrected chi connectivity index (χ4v) is 2.93. The maximum absolute atomic E-state index is 11.3. The number of tetrazole rings is 1. The minimum Gasteiger partial charge on any atom is -0.398 e. The van der Waals surface area contributed by atoms with Gasteiger partial charge in [0.1, 0.15) is 0 Å². The van der Waals surface area contributed by atoms with Crippen molar-refractivity contribution in [1.82, 2.24) is 20.2 Å². The van der Waals surface area contributed by atoms with Gasteiger partial charge in [-0.2, -0.15) is 0 Å². The lowest BCUT2D eigenvalue weighted by Crippen LogP contribution is -2.16. The minimum absolute atomic E-state index is 0.105. The molecule has 0 aliphatic rings. The van der Waals surface area contributed by atoms with Crippen LogP contribution in [0.25, 0.3) is 11.4 Å². The Morgan fingerprint density at radius 2 is 2.26 bits per heavy atom. The molecule has 0 aliphatic carbocycles. The van der Waals surface area contributed by atoms with Crippen molar-refractivity contribution >= 4 is 28.1 Å². The maximum atomic E-state index is 11.3. The highest BCUT2D eigenvalue weighted by molar-refractivity contribution is 7.84. The number of nitrogen functional groups attached to an aromatic ring is 1. The summed E-state index contributed by atoms with van der Waals surface area (Å²) < 4.78 is 12.9. The molecule has 2 rings (SSSR count). The highest BCUT2D eigenvalue weighted by Gasteiger charge is 2.19. The van der Waals surface area contributed by atoms with E-state index in [1.54, 1.807) is 29.1 Å². The highest BCUT2D eigenvalue weighted by Crippen LogP contribution is 2.32. The molecular formula is C11H14ClN5OS. The van der Waals surface area contributed by atoms with E-state index in [9.17, 15) is 4.21 Å². The number of anilines is 1. The molecule has 19 heavy (non-hydrogen) atoms. The molecule has 2 atom stereocenters. The van der Waals surface area contributed by atoms with E-state index in [0.29, 0.717) is 27.9 Å². The van der Waals surface area contributed by atoms with Crippen molar-refractivity contribution in [2.45, 2.75) is 13.0 Å². The molecule has 2 aromatic rings. The number of rotatable bonds is 4. The van der Waals surface area contributed by atoms with Crippen LogP contribution in [-0.4, -0.2) is 36.4 Å². The molecule has 2 N–H and O–H groups in total. The van der Waals surface area contributed by atoms with Crippen LogP contribution in [0.1, 0.15) is 13.0 Å². The van der Waals surface area contributed by atoms with Gasteiger partial charge in [0, 0.05) is 28.5 Å². The number of hydrogen-bond acceptors (Lipinski definition) is 5. The number of aromatic nitrogens is 4. The van der Waals surface area contributed by atoms with Gasteiger partial charge in [-0.05, 0) is 29.5 Å². The molecule has 0 spiro atoms. The van der Waals surface area contributed by atoms with Gasteiger partial charge < -0.3 is 5.73 Å². The number of hydrogen-bond donors (Lipinski definition) is 1. The lowest BCUT2D eigenvalue weighted by atomic mass is 10.1. The first-order chi connectivity index (χ1) is 9.00. The summed E-state index contributed by atoms with van der Waals surface area (Å²) in [5.41, 5.74) is 7.04. The van der Waals surface area contributed by atoms with Crippen LogP contribution in [-0.2, 0) is 10.8 Å². The van der Waals surface area contributed by atoms with Gasteiger partial charge in [-0.1, -0.05) is 17.7 Å². The SMILES string of the molecule is CC(CS(C)=O)n1nnnc1-c1c(N)cccc1Cl. The first-order valence-corrected chi connectivity index (χ1v) is 7.73. The molecule has 0 saturated heterocycles. The zero-order valence-electron chi connectivity index (χ0n) is 10.6. The first-order valence-electron chi connectivity index (χ1n) is 5.63. The average Bonchev–Trinajstić information content (AvgIpc) is 2.76. The molecule has 0 radical (unpaired) electrons. The summed E-state index contributed by atoms with van der Waals surface area (Å²) in [6.45, 7) is 1.90. The standard InChI is InChI=1S/C11H14ClN5OS/c1-7(6-19(2)18)17-11(14-15-16-17)10-8(12)4-3-5-9(10)13/h3-5,7H,6,13H2,1-2H3. The van der Waals surface area contributed by atoms with Gasteiger partial charge >= 0.3 is 0 Å². The number of nitrogens with two attached hydrogens (primary N) is 1. The fourth-order valence-electron chi connectivity index (χ4n) is 1.84. The summed E-state index contributed by atoms with van der Waals surface area (Å²) in [5, 5.41) is 12.1. The van der Waals surface area contributed by atoms with Gasteiger partial charge in [0.2, 0.25) is 0 Å². The van der Waals surface area contributed by atoms with Crippen molar-refractivity contribution in [1.29, 1.82) is 0 Å². The Bertz CT molecular complexity index is 595. The molecule has 1 aromatic heterocycles. The second-order valence-corrected chi connectivity index (χ2v) is 6.13. The largest absolute Gasteiger partial charge is 0.398 e. The van der Waals surface area contributed by atoms with Crippen LogP contribution in [0.4, 0.5) is 5.69 Å². The molecule has 2 unspecified atom stereocenters. The molecule has 8 heteroatoms. The van der Waals surface area contributed by atoms with Crippen LogP contribution in [0.15, 0.2) is 18.2 Å². The van der Waals surface area contributed by atoms with Gasteiger partial charge in [-0.3, -0.25) is 4.21 Å². The molecular weight excluding hydrogens is 286 g/mol. The summed E-state index contributed by atoms with van der Waals surface area (Å²) in [4.78, 5) is 0. The predicted octanol–water partition coefficient (Wildman–Crippen LogP) is 1.52. The van der Waals surface area contributed by atoms with E-state index in [1.807, 2.05) is 6.92 Å². The van der Waals surface area contributed by atoms with Crippen molar-refractivity contribution in [2.75, 3.05) is 17.7 Å². The van der Waals surface area contributed by atoms with Crippen molar-refractivity contribution in [3.05, 3.63) is 23.2 Å². The van der Waals surface area contributed by atoms with Crippen molar-refractivity contribution in [2.24, 2.45) is 0 Å². The van der Waals surface area contributed by atoms with Crippen molar-refractivity contribution < 1.29 is 4.21 Å². The molecule has 102 valence electrons. The van der Waals surface area contributed by atoms with E-state index in [2.05, 4.69) is 15.5 Å². The second-order valence-electron chi connectivity index (χ2n) is 4.24. The van der Waals surface area contributed by atoms with Crippen LogP contribution >= 0.6 is 11.6 Å². The first kappa shape index (κ1) is 14.0. The highest BCUT2D eigenvalue weighted by atomic mass is 35.5. The third-order valence-corrected chi connectivity index (χ3v) is 3.92. The summed E-state index contributed by atoms with van der Waals surface area (Å²) in [7, 11) is -0.936. The van der Waals surface area contributed by atoms with E-state index in [0.717, 1.165) is 0 Å². The minimum atomic E-state index is -0.936. The van der Waals surface area contributed by atoms with E-state index >= 15 is 0 Å².